The highest BCUT2D eigenvalue weighted by molar-refractivity contribution is 5.85. The molecular formula is C13H23ClN2O. The molecule has 4 heteroatoms. The van der Waals surface area contributed by atoms with Crippen molar-refractivity contribution in [2.24, 2.45) is 11.3 Å². The molecule has 0 radical (unpaired) electrons. The smallest absolute Gasteiger partial charge is 0.225 e. The molecule has 3 fully saturated rings. The second-order valence-corrected chi connectivity index (χ2v) is 5.92. The summed E-state index contributed by atoms with van der Waals surface area (Å²) in [6.07, 6.45) is 7.29. The van der Waals surface area contributed by atoms with E-state index < -0.39 is 0 Å². The molecule has 1 unspecified atom stereocenters. The van der Waals surface area contributed by atoms with E-state index in [1.54, 1.807) is 0 Å². The van der Waals surface area contributed by atoms with Crippen molar-refractivity contribution in [1.29, 1.82) is 0 Å². The maximum Gasteiger partial charge on any atom is 0.225 e. The third kappa shape index (κ3) is 2.45. The lowest BCUT2D eigenvalue weighted by atomic mass is 9.86. The first-order valence-corrected chi connectivity index (χ1v) is 6.79. The fourth-order valence-electron chi connectivity index (χ4n) is 3.70. The molecule has 0 aromatic heterocycles. The average Bonchev–Trinajstić information content (AvgIpc) is 3.01. The first kappa shape index (κ1) is 13.2. The minimum atomic E-state index is 0. The Labute approximate surface area is 110 Å². The molecule has 1 aliphatic carbocycles. The standard InChI is InChI=1S/C13H22N2O.ClH/c16-12(11-3-1-2-4-11)15-8-6-13(10-15)5-7-14-9-13;/h11,14H,1-10H2;1H. The zero-order valence-corrected chi connectivity index (χ0v) is 11.2. The molecule has 1 saturated carbocycles. The molecule has 2 saturated heterocycles. The third-order valence-corrected chi connectivity index (χ3v) is 4.79. The quantitative estimate of drug-likeness (QED) is 0.778. The summed E-state index contributed by atoms with van der Waals surface area (Å²) in [6.45, 7) is 4.30. The Morgan fingerprint density at radius 2 is 2.00 bits per heavy atom. The van der Waals surface area contributed by atoms with Crippen molar-refractivity contribution >= 4 is 18.3 Å². The SMILES string of the molecule is Cl.O=C(C1CCCC1)N1CCC2(CCNC2)C1. The fraction of sp³-hybridized carbons (Fsp3) is 0.923. The summed E-state index contributed by atoms with van der Waals surface area (Å²) in [5.74, 6) is 0.825. The van der Waals surface area contributed by atoms with Crippen molar-refractivity contribution < 1.29 is 4.79 Å². The molecular weight excluding hydrogens is 236 g/mol. The first-order chi connectivity index (χ1) is 7.79. The molecule has 3 rings (SSSR count). The molecule has 2 heterocycles. The van der Waals surface area contributed by atoms with Gasteiger partial charge < -0.3 is 10.2 Å². The lowest BCUT2D eigenvalue weighted by molar-refractivity contribution is -0.134. The minimum Gasteiger partial charge on any atom is -0.342 e. The molecule has 0 aromatic rings. The number of amides is 1. The number of halogens is 1. The lowest BCUT2D eigenvalue weighted by Crippen LogP contribution is -2.36. The topological polar surface area (TPSA) is 32.3 Å². The van der Waals surface area contributed by atoms with Gasteiger partial charge in [-0.05, 0) is 32.2 Å². The fourth-order valence-corrected chi connectivity index (χ4v) is 3.70. The number of nitrogens with zero attached hydrogens (tertiary/aromatic N) is 1. The number of carbonyl (C=O) groups is 1. The van der Waals surface area contributed by atoms with E-state index >= 15 is 0 Å². The predicted molar refractivity (Wildman–Crippen MR) is 70.3 cm³/mol. The zero-order chi connectivity index (χ0) is 11.0. The Balaban J connectivity index is 0.00000108. The van der Waals surface area contributed by atoms with Crippen LogP contribution in [0.25, 0.3) is 0 Å². The average molecular weight is 259 g/mol. The van der Waals surface area contributed by atoms with Crippen LogP contribution in [0.5, 0.6) is 0 Å². The van der Waals surface area contributed by atoms with Crippen LogP contribution in [-0.2, 0) is 4.79 Å². The summed E-state index contributed by atoms with van der Waals surface area (Å²) in [4.78, 5) is 14.4. The molecule has 2 aliphatic heterocycles. The van der Waals surface area contributed by atoms with Gasteiger partial charge in [0.2, 0.25) is 5.91 Å². The van der Waals surface area contributed by atoms with E-state index in [1.165, 1.54) is 25.7 Å². The first-order valence-electron chi connectivity index (χ1n) is 6.79. The van der Waals surface area contributed by atoms with Crippen LogP contribution in [0.1, 0.15) is 38.5 Å². The van der Waals surface area contributed by atoms with Crippen LogP contribution in [-0.4, -0.2) is 37.0 Å². The van der Waals surface area contributed by atoms with E-state index in [9.17, 15) is 4.79 Å². The van der Waals surface area contributed by atoms with Gasteiger partial charge in [-0.15, -0.1) is 12.4 Å². The maximum absolute atomic E-state index is 12.3. The van der Waals surface area contributed by atoms with Crippen molar-refractivity contribution in [3.63, 3.8) is 0 Å². The summed E-state index contributed by atoms with van der Waals surface area (Å²) in [5, 5.41) is 3.45. The van der Waals surface area contributed by atoms with Crippen molar-refractivity contribution in [2.75, 3.05) is 26.2 Å². The van der Waals surface area contributed by atoms with Gasteiger partial charge >= 0.3 is 0 Å². The van der Waals surface area contributed by atoms with Gasteiger partial charge in [0.05, 0.1) is 0 Å². The Hall–Kier alpha value is -0.280. The summed E-state index contributed by atoms with van der Waals surface area (Å²) in [5.41, 5.74) is 0.439. The van der Waals surface area contributed by atoms with Crippen molar-refractivity contribution in [2.45, 2.75) is 38.5 Å². The van der Waals surface area contributed by atoms with Crippen LogP contribution in [0.4, 0.5) is 0 Å². The Bertz CT molecular complexity index is 283. The molecule has 98 valence electrons. The van der Waals surface area contributed by atoms with Gasteiger partial charge in [0, 0.05) is 31.0 Å². The summed E-state index contributed by atoms with van der Waals surface area (Å²) in [7, 11) is 0. The number of likely N-dealkylation sites (tertiary alicyclic amines) is 1. The molecule has 1 N–H and O–H groups in total. The van der Waals surface area contributed by atoms with Crippen LogP contribution in [0, 0.1) is 11.3 Å². The Kier molecular flexibility index (Phi) is 3.99. The predicted octanol–water partition coefficient (Wildman–Crippen LogP) is 1.81. The van der Waals surface area contributed by atoms with Gasteiger partial charge in [-0.1, -0.05) is 12.8 Å². The van der Waals surface area contributed by atoms with E-state index in [0.29, 0.717) is 17.2 Å². The van der Waals surface area contributed by atoms with Crippen LogP contribution < -0.4 is 5.32 Å². The van der Waals surface area contributed by atoms with Gasteiger partial charge in [-0.25, -0.2) is 0 Å². The molecule has 17 heavy (non-hydrogen) atoms. The van der Waals surface area contributed by atoms with E-state index in [1.807, 2.05) is 0 Å². The van der Waals surface area contributed by atoms with Gasteiger partial charge in [0.15, 0.2) is 0 Å². The molecule has 1 spiro atoms. The molecule has 1 atom stereocenters. The number of carbonyl (C=O) groups excluding carboxylic acids is 1. The van der Waals surface area contributed by atoms with Gasteiger partial charge in [0.1, 0.15) is 0 Å². The van der Waals surface area contributed by atoms with Gasteiger partial charge in [0.25, 0.3) is 0 Å². The van der Waals surface area contributed by atoms with Gasteiger partial charge in [-0.3, -0.25) is 4.79 Å². The van der Waals surface area contributed by atoms with Crippen molar-refractivity contribution in [1.82, 2.24) is 10.2 Å². The van der Waals surface area contributed by atoms with Gasteiger partial charge in [-0.2, -0.15) is 0 Å². The Morgan fingerprint density at radius 3 is 2.65 bits per heavy atom. The normalized spacial score (nSPS) is 33.3. The summed E-state index contributed by atoms with van der Waals surface area (Å²) < 4.78 is 0. The second-order valence-electron chi connectivity index (χ2n) is 5.92. The number of nitrogens with one attached hydrogen (secondary N) is 1. The monoisotopic (exact) mass is 258 g/mol. The molecule has 3 nitrogen and oxygen atoms in total. The second kappa shape index (κ2) is 5.15. The van der Waals surface area contributed by atoms with Crippen LogP contribution in [0.3, 0.4) is 0 Å². The lowest BCUT2D eigenvalue weighted by Gasteiger charge is -2.24. The van der Waals surface area contributed by atoms with Crippen LogP contribution in [0.15, 0.2) is 0 Å². The molecule has 1 amide bonds. The highest BCUT2D eigenvalue weighted by Gasteiger charge is 2.43. The number of hydrogen-bond acceptors (Lipinski definition) is 2. The highest BCUT2D eigenvalue weighted by atomic mass is 35.5. The van der Waals surface area contributed by atoms with Crippen molar-refractivity contribution in [3.05, 3.63) is 0 Å². The van der Waals surface area contributed by atoms with E-state index in [0.717, 1.165) is 39.0 Å². The largest absolute Gasteiger partial charge is 0.342 e. The minimum absolute atomic E-state index is 0. The zero-order valence-electron chi connectivity index (χ0n) is 10.4. The van der Waals surface area contributed by atoms with E-state index in [-0.39, 0.29) is 12.4 Å². The number of hydrogen-bond donors (Lipinski definition) is 1. The molecule has 3 aliphatic rings. The highest BCUT2D eigenvalue weighted by Crippen LogP contribution is 2.37. The Morgan fingerprint density at radius 1 is 1.24 bits per heavy atom. The summed E-state index contributed by atoms with van der Waals surface area (Å²) >= 11 is 0. The maximum atomic E-state index is 12.3. The number of rotatable bonds is 1. The van der Waals surface area contributed by atoms with Crippen LogP contribution >= 0.6 is 12.4 Å². The summed E-state index contributed by atoms with van der Waals surface area (Å²) in [6, 6.07) is 0. The van der Waals surface area contributed by atoms with E-state index in [4.69, 9.17) is 0 Å². The van der Waals surface area contributed by atoms with E-state index in [2.05, 4.69) is 10.2 Å². The third-order valence-electron chi connectivity index (χ3n) is 4.79. The molecule has 0 aromatic carbocycles. The molecule has 0 bridgehead atoms. The van der Waals surface area contributed by atoms with Crippen molar-refractivity contribution in [3.8, 4) is 0 Å². The van der Waals surface area contributed by atoms with Crippen LogP contribution in [0.2, 0.25) is 0 Å².